The summed E-state index contributed by atoms with van der Waals surface area (Å²) in [5, 5.41) is 3.61. The van der Waals surface area contributed by atoms with Crippen LogP contribution in [-0.4, -0.2) is 41.1 Å². The molecule has 0 spiro atoms. The van der Waals surface area contributed by atoms with Crippen LogP contribution in [0.1, 0.15) is 43.0 Å². The third-order valence-electron chi connectivity index (χ3n) is 5.19. The van der Waals surface area contributed by atoms with Crippen molar-refractivity contribution in [1.29, 1.82) is 0 Å². The van der Waals surface area contributed by atoms with Crippen LogP contribution in [0.15, 0.2) is 34.9 Å². The lowest BCUT2D eigenvalue weighted by Crippen LogP contribution is -2.38. The van der Waals surface area contributed by atoms with Gasteiger partial charge in [0.1, 0.15) is 17.4 Å². The predicted molar refractivity (Wildman–Crippen MR) is 107 cm³/mol. The van der Waals surface area contributed by atoms with Crippen molar-refractivity contribution in [2.45, 2.75) is 44.2 Å². The number of nitrogens with zero attached hydrogens (tertiary/aromatic N) is 3. The molecule has 2 aromatic rings. The molecule has 0 bridgehead atoms. The number of anilines is 1. The number of piperidine rings is 1. The summed E-state index contributed by atoms with van der Waals surface area (Å²) >= 11 is 3.56. The van der Waals surface area contributed by atoms with Crippen molar-refractivity contribution < 1.29 is 4.74 Å². The molecule has 6 heteroatoms. The Labute approximate surface area is 163 Å². The highest BCUT2D eigenvalue weighted by atomic mass is 79.9. The fourth-order valence-electron chi connectivity index (χ4n) is 3.55. The molecule has 1 aromatic heterocycles. The minimum atomic E-state index is 0.484. The lowest BCUT2D eigenvalue weighted by atomic mass is 10.0. The van der Waals surface area contributed by atoms with E-state index in [2.05, 4.69) is 37.2 Å². The van der Waals surface area contributed by atoms with Gasteiger partial charge in [0.2, 0.25) is 0 Å². The standard InChI is InChI=1S/C20H25BrN4O/c1-26-18-5-4-16(21)12-15(18)13-25-10-7-17(8-11-25)23-19-6-9-22-20(24-19)14-2-3-14/h4-6,9,12,14,17H,2-3,7-8,10-11,13H2,1H3,(H,22,23,24). The number of hydrogen-bond donors (Lipinski definition) is 1. The van der Waals surface area contributed by atoms with E-state index in [0.29, 0.717) is 12.0 Å². The Balaban J connectivity index is 1.31. The second-order valence-corrected chi connectivity index (χ2v) is 8.14. The number of hydrogen-bond acceptors (Lipinski definition) is 5. The topological polar surface area (TPSA) is 50.3 Å². The zero-order valence-electron chi connectivity index (χ0n) is 15.1. The molecule has 0 unspecified atom stereocenters. The second-order valence-electron chi connectivity index (χ2n) is 7.23. The molecule has 1 N–H and O–H groups in total. The zero-order valence-corrected chi connectivity index (χ0v) is 16.7. The van der Waals surface area contributed by atoms with Gasteiger partial charge in [0.15, 0.2) is 0 Å². The van der Waals surface area contributed by atoms with E-state index in [9.17, 15) is 0 Å². The van der Waals surface area contributed by atoms with Crippen molar-refractivity contribution in [3.63, 3.8) is 0 Å². The normalized spacial score (nSPS) is 18.7. The smallest absolute Gasteiger partial charge is 0.133 e. The van der Waals surface area contributed by atoms with E-state index < -0.39 is 0 Å². The van der Waals surface area contributed by atoms with Crippen LogP contribution in [0.3, 0.4) is 0 Å². The van der Waals surface area contributed by atoms with Crippen molar-refractivity contribution in [2.75, 3.05) is 25.5 Å². The number of rotatable bonds is 6. The summed E-state index contributed by atoms with van der Waals surface area (Å²) in [5.74, 6) is 3.55. The van der Waals surface area contributed by atoms with Crippen LogP contribution < -0.4 is 10.1 Å². The molecule has 0 radical (unpaired) electrons. The van der Waals surface area contributed by atoms with Gasteiger partial charge in [-0.1, -0.05) is 15.9 Å². The van der Waals surface area contributed by atoms with Crippen LogP contribution in [0.5, 0.6) is 5.75 Å². The van der Waals surface area contributed by atoms with Crippen LogP contribution in [0.2, 0.25) is 0 Å². The molecule has 138 valence electrons. The first-order valence-electron chi connectivity index (χ1n) is 9.35. The molecule has 1 saturated carbocycles. The van der Waals surface area contributed by atoms with E-state index in [1.807, 2.05) is 24.4 Å². The summed E-state index contributed by atoms with van der Waals surface area (Å²) in [6, 6.07) is 8.68. The molecular weight excluding hydrogens is 392 g/mol. The van der Waals surface area contributed by atoms with Gasteiger partial charge in [-0.15, -0.1) is 0 Å². The fraction of sp³-hybridized carbons (Fsp3) is 0.500. The number of benzene rings is 1. The second kappa shape index (κ2) is 7.92. The maximum Gasteiger partial charge on any atom is 0.133 e. The van der Waals surface area contributed by atoms with E-state index >= 15 is 0 Å². The van der Waals surface area contributed by atoms with Crippen molar-refractivity contribution >= 4 is 21.7 Å². The summed E-state index contributed by atoms with van der Waals surface area (Å²) in [4.78, 5) is 11.6. The third kappa shape index (κ3) is 4.35. The highest BCUT2D eigenvalue weighted by molar-refractivity contribution is 9.10. The highest BCUT2D eigenvalue weighted by Crippen LogP contribution is 2.38. The Kier molecular flexibility index (Phi) is 5.41. The van der Waals surface area contributed by atoms with Gasteiger partial charge < -0.3 is 10.1 Å². The highest BCUT2D eigenvalue weighted by Gasteiger charge is 2.27. The van der Waals surface area contributed by atoms with E-state index in [1.165, 1.54) is 18.4 Å². The summed E-state index contributed by atoms with van der Waals surface area (Å²) in [6.07, 6.45) is 6.61. The third-order valence-corrected chi connectivity index (χ3v) is 5.69. The summed E-state index contributed by atoms with van der Waals surface area (Å²) in [6.45, 7) is 3.08. The van der Waals surface area contributed by atoms with Gasteiger partial charge in [0.25, 0.3) is 0 Å². The molecular formula is C20H25BrN4O. The monoisotopic (exact) mass is 416 g/mol. The molecule has 1 aromatic carbocycles. The van der Waals surface area contributed by atoms with Crippen molar-refractivity contribution in [3.05, 3.63) is 46.3 Å². The van der Waals surface area contributed by atoms with Gasteiger partial charge in [-0.3, -0.25) is 4.90 Å². The largest absolute Gasteiger partial charge is 0.496 e. The van der Waals surface area contributed by atoms with Crippen molar-refractivity contribution in [2.24, 2.45) is 0 Å². The Morgan fingerprint density at radius 1 is 1.19 bits per heavy atom. The van der Waals surface area contributed by atoms with Gasteiger partial charge in [0.05, 0.1) is 7.11 Å². The average Bonchev–Trinajstić information content (AvgIpc) is 3.49. The Hall–Kier alpha value is -1.66. The number of nitrogens with one attached hydrogen (secondary N) is 1. The molecule has 4 rings (SSSR count). The van der Waals surface area contributed by atoms with E-state index in [4.69, 9.17) is 9.72 Å². The quantitative estimate of drug-likeness (QED) is 0.764. The Morgan fingerprint density at radius 3 is 2.73 bits per heavy atom. The number of aromatic nitrogens is 2. The molecule has 2 heterocycles. The summed E-state index contributed by atoms with van der Waals surface area (Å²) in [5.41, 5.74) is 1.23. The molecule has 26 heavy (non-hydrogen) atoms. The molecule has 1 aliphatic carbocycles. The lowest BCUT2D eigenvalue weighted by Gasteiger charge is -2.33. The predicted octanol–water partition coefficient (Wildman–Crippen LogP) is 4.20. The molecule has 5 nitrogen and oxygen atoms in total. The average molecular weight is 417 g/mol. The van der Waals surface area contributed by atoms with Gasteiger partial charge in [-0.05, 0) is 49.9 Å². The number of likely N-dealkylation sites (tertiary alicyclic amines) is 1. The number of halogens is 1. The Bertz CT molecular complexity index is 757. The van der Waals surface area contributed by atoms with Crippen molar-refractivity contribution in [3.8, 4) is 5.75 Å². The number of ether oxygens (including phenoxy) is 1. The van der Waals surface area contributed by atoms with E-state index in [1.54, 1.807) is 7.11 Å². The van der Waals surface area contributed by atoms with Gasteiger partial charge in [-0.2, -0.15) is 0 Å². The first kappa shape index (κ1) is 17.7. The van der Waals surface area contributed by atoms with E-state index in [0.717, 1.165) is 54.3 Å². The lowest BCUT2D eigenvalue weighted by molar-refractivity contribution is 0.208. The molecule has 0 amide bonds. The van der Waals surface area contributed by atoms with Crippen molar-refractivity contribution in [1.82, 2.24) is 14.9 Å². The molecule has 2 fully saturated rings. The first-order valence-corrected chi connectivity index (χ1v) is 10.1. The summed E-state index contributed by atoms with van der Waals surface area (Å²) in [7, 11) is 1.74. The minimum Gasteiger partial charge on any atom is -0.496 e. The van der Waals surface area contributed by atoms with Crippen LogP contribution in [-0.2, 0) is 6.54 Å². The van der Waals surface area contributed by atoms with Gasteiger partial charge >= 0.3 is 0 Å². The molecule has 1 saturated heterocycles. The molecule has 1 aliphatic heterocycles. The zero-order chi connectivity index (χ0) is 17.9. The number of methoxy groups -OCH3 is 1. The fourth-order valence-corrected chi connectivity index (χ4v) is 3.96. The summed E-state index contributed by atoms with van der Waals surface area (Å²) < 4.78 is 6.60. The van der Waals surface area contributed by atoms with Crippen LogP contribution in [0.25, 0.3) is 0 Å². The van der Waals surface area contributed by atoms with Crippen LogP contribution >= 0.6 is 15.9 Å². The first-order chi connectivity index (χ1) is 12.7. The van der Waals surface area contributed by atoms with E-state index in [-0.39, 0.29) is 0 Å². The maximum absolute atomic E-state index is 5.50. The van der Waals surface area contributed by atoms with Crippen LogP contribution in [0.4, 0.5) is 5.82 Å². The molecule has 2 aliphatic rings. The van der Waals surface area contributed by atoms with Crippen LogP contribution in [0, 0.1) is 0 Å². The SMILES string of the molecule is COc1ccc(Br)cc1CN1CCC(Nc2ccnc(C3CC3)n2)CC1. The van der Waals surface area contributed by atoms with Gasteiger partial charge in [-0.25, -0.2) is 9.97 Å². The minimum absolute atomic E-state index is 0.484. The Morgan fingerprint density at radius 2 is 2.00 bits per heavy atom. The van der Waals surface area contributed by atoms with Gasteiger partial charge in [0, 0.05) is 47.8 Å². The molecule has 0 atom stereocenters. The maximum atomic E-state index is 5.50.